The van der Waals surface area contributed by atoms with Crippen LogP contribution in [0.25, 0.3) is 0 Å². The number of hydrogen-bond donors (Lipinski definition) is 0. The normalized spacial score (nSPS) is 9.12. The minimum atomic E-state index is 0. The van der Waals surface area contributed by atoms with Crippen molar-refractivity contribution >= 4 is 49.2 Å². The van der Waals surface area contributed by atoms with Gasteiger partial charge in [-0.25, -0.2) is 0 Å². The van der Waals surface area contributed by atoms with Crippen molar-refractivity contribution in [1.82, 2.24) is 0 Å². The van der Waals surface area contributed by atoms with Gasteiger partial charge in [-0.2, -0.15) is 11.5 Å². The van der Waals surface area contributed by atoms with Crippen LogP contribution in [-0.4, -0.2) is 35.4 Å². The van der Waals surface area contributed by atoms with Crippen molar-refractivity contribution in [2.75, 3.05) is 11.5 Å². The third-order valence-corrected chi connectivity index (χ3v) is 3.07. The first-order valence-electron chi connectivity index (χ1n) is 10.1. The molecule has 0 rings (SSSR count). The zero-order valence-electron chi connectivity index (χ0n) is 18.4. The molecule has 0 aromatic heterocycles. The molecule has 0 heterocycles. The van der Waals surface area contributed by atoms with Crippen LogP contribution in [0.4, 0.5) is 0 Å². The SMILES string of the molecule is CCCCCCC[S-].CCCCCCC[S-].[CH2]C(C)C.[CH2]C(C)C.[Sn+2]. The standard InChI is InChI=1S/2C7H16S.2C4H9.Sn/c2*1-2-3-4-5-6-7-8;2*1-4(2)3;/h2*8H,2-7H2,1H3;2*4H,1H2,2-3H3;/q;;;;+2/p-2. The van der Waals surface area contributed by atoms with E-state index in [1.807, 2.05) is 0 Å². The topological polar surface area (TPSA) is 0 Å². The summed E-state index contributed by atoms with van der Waals surface area (Å²) in [5, 5.41) is 0. The molecule has 0 aliphatic carbocycles. The van der Waals surface area contributed by atoms with Gasteiger partial charge in [-0.3, -0.25) is 0 Å². The maximum Gasteiger partial charge on any atom is 2.00 e. The van der Waals surface area contributed by atoms with E-state index in [-0.39, 0.29) is 23.9 Å². The van der Waals surface area contributed by atoms with Gasteiger partial charge in [-0.15, -0.1) is 0 Å². The van der Waals surface area contributed by atoms with Gasteiger partial charge in [0.15, 0.2) is 0 Å². The Kier molecular flexibility index (Phi) is 60.0. The maximum atomic E-state index is 4.80. The van der Waals surface area contributed by atoms with Gasteiger partial charge in [0, 0.05) is 0 Å². The fourth-order valence-corrected chi connectivity index (χ4v) is 1.82. The zero-order valence-corrected chi connectivity index (χ0v) is 22.9. The minimum Gasteiger partial charge on any atom is -0.793 e. The fraction of sp³-hybridized carbons (Fsp3) is 0.909. The van der Waals surface area contributed by atoms with Crippen molar-refractivity contribution in [3.63, 3.8) is 0 Å². The van der Waals surface area contributed by atoms with E-state index in [4.69, 9.17) is 25.3 Å². The summed E-state index contributed by atoms with van der Waals surface area (Å²) in [6.45, 7) is 20.0. The van der Waals surface area contributed by atoms with E-state index in [1.165, 1.54) is 64.2 Å². The zero-order chi connectivity index (χ0) is 19.6. The Bertz CT molecular complexity index is 127. The summed E-state index contributed by atoms with van der Waals surface area (Å²) in [5.41, 5.74) is 0. The molecule has 0 N–H and O–H groups in total. The summed E-state index contributed by atoms with van der Waals surface area (Å²) in [6.07, 6.45) is 13.4. The molecule has 0 fully saturated rings. The number of rotatable bonds is 10. The molecule has 0 atom stereocenters. The molecular formula is C22H48S2Sn. The average Bonchev–Trinajstić information content (AvgIpc) is 2.48. The largest absolute Gasteiger partial charge is 2.00 e. The van der Waals surface area contributed by atoms with Crippen LogP contribution in [0.5, 0.6) is 0 Å². The fourth-order valence-electron chi connectivity index (χ4n) is 1.41. The molecule has 0 nitrogen and oxygen atoms in total. The molecule has 0 spiro atoms. The summed E-state index contributed by atoms with van der Waals surface area (Å²) in [6, 6.07) is 0. The molecule has 152 valence electrons. The van der Waals surface area contributed by atoms with E-state index in [9.17, 15) is 0 Å². The van der Waals surface area contributed by atoms with Crippen molar-refractivity contribution < 1.29 is 0 Å². The quantitative estimate of drug-likeness (QED) is 0.174. The Labute approximate surface area is 191 Å². The predicted octanol–water partition coefficient (Wildman–Crippen LogP) is 7.58. The van der Waals surface area contributed by atoms with Crippen molar-refractivity contribution in [2.45, 2.75) is 106 Å². The Balaban J connectivity index is -0.0000000739. The van der Waals surface area contributed by atoms with Gasteiger partial charge in [-0.05, 0) is 11.8 Å². The molecule has 4 radical (unpaired) electrons. The van der Waals surface area contributed by atoms with Gasteiger partial charge in [0.25, 0.3) is 0 Å². The van der Waals surface area contributed by atoms with Gasteiger partial charge in [0.1, 0.15) is 0 Å². The molecule has 0 aliphatic rings. The van der Waals surface area contributed by atoms with Crippen LogP contribution in [0.15, 0.2) is 0 Å². The third kappa shape index (κ3) is 106. The molecule has 0 bridgehead atoms. The Hall–Kier alpha value is 1.50. The smallest absolute Gasteiger partial charge is 0.793 e. The second kappa shape index (κ2) is 40.3. The first-order chi connectivity index (χ1) is 11.3. The molecule has 25 heavy (non-hydrogen) atoms. The third-order valence-electron chi connectivity index (χ3n) is 2.50. The summed E-state index contributed by atoms with van der Waals surface area (Å²) in [5.74, 6) is 3.06. The molecule has 0 amide bonds. The summed E-state index contributed by atoms with van der Waals surface area (Å²) in [7, 11) is 0. The molecule has 0 unspecified atom stereocenters. The van der Waals surface area contributed by atoms with E-state index in [1.54, 1.807) is 0 Å². The first kappa shape index (κ1) is 37.3. The Morgan fingerprint density at radius 3 is 0.920 bits per heavy atom. The van der Waals surface area contributed by atoms with Crippen molar-refractivity contribution in [3.8, 4) is 0 Å². The Morgan fingerprint density at radius 1 is 0.560 bits per heavy atom. The number of hydrogen-bond acceptors (Lipinski definition) is 2. The first-order valence-corrected chi connectivity index (χ1v) is 11.3. The Morgan fingerprint density at radius 2 is 0.760 bits per heavy atom. The molecule has 0 saturated heterocycles. The van der Waals surface area contributed by atoms with Crippen molar-refractivity contribution in [1.29, 1.82) is 0 Å². The van der Waals surface area contributed by atoms with Gasteiger partial charge in [-0.1, -0.05) is 120 Å². The predicted molar refractivity (Wildman–Crippen MR) is 128 cm³/mol. The maximum absolute atomic E-state index is 4.80. The monoisotopic (exact) mass is 496 g/mol. The van der Waals surface area contributed by atoms with E-state index in [2.05, 4.69) is 55.4 Å². The van der Waals surface area contributed by atoms with Crippen molar-refractivity contribution in [3.05, 3.63) is 13.8 Å². The van der Waals surface area contributed by atoms with Crippen LogP contribution in [0, 0.1) is 25.7 Å². The minimum absolute atomic E-state index is 0. The van der Waals surface area contributed by atoms with Crippen LogP contribution in [0.3, 0.4) is 0 Å². The van der Waals surface area contributed by atoms with Crippen LogP contribution in [0.1, 0.15) is 106 Å². The van der Waals surface area contributed by atoms with Crippen molar-refractivity contribution in [2.24, 2.45) is 11.8 Å². The van der Waals surface area contributed by atoms with Crippen LogP contribution < -0.4 is 0 Å². The van der Waals surface area contributed by atoms with E-state index in [0.717, 1.165) is 11.5 Å². The van der Waals surface area contributed by atoms with E-state index >= 15 is 0 Å². The molecule has 0 aromatic rings. The van der Waals surface area contributed by atoms with Gasteiger partial charge in [0.2, 0.25) is 0 Å². The number of unbranched alkanes of at least 4 members (excludes halogenated alkanes) is 8. The van der Waals surface area contributed by atoms with Gasteiger partial charge >= 0.3 is 23.9 Å². The van der Waals surface area contributed by atoms with E-state index in [0.29, 0.717) is 11.8 Å². The van der Waals surface area contributed by atoms with E-state index < -0.39 is 0 Å². The average molecular weight is 495 g/mol. The molecule has 0 aliphatic heterocycles. The molecule has 3 heteroatoms. The summed E-state index contributed by atoms with van der Waals surface area (Å²) >= 11 is 9.60. The molecule has 0 aromatic carbocycles. The van der Waals surface area contributed by atoms with Crippen LogP contribution in [0.2, 0.25) is 0 Å². The molecule has 0 saturated carbocycles. The molecular weight excluding hydrogens is 447 g/mol. The van der Waals surface area contributed by atoms with Crippen LogP contribution in [-0.2, 0) is 25.3 Å². The second-order valence-corrected chi connectivity index (χ2v) is 7.84. The summed E-state index contributed by atoms with van der Waals surface area (Å²) in [4.78, 5) is 0. The van der Waals surface area contributed by atoms with Gasteiger partial charge in [0.05, 0.1) is 0 Å². The van der Waals surface area contributed by atoms with Crippen LogP contribution >= 0.6 is 0 Å². The van der Waals surface area contributed by atoms with Gasteiger partial charge < -0.3 is 25.3 Å². The summed E-state index contributed by atoms with van der Waals surface area (Å²) < 4.78 is 0. The second-order valence-electron chi connectivity index (χ2n) is 7.02.